The predicted octanol–water partition coefficient (Wildman–Crippen LogP) is 0.357. The first-order valence-corrected chi connectivity index (χ1v) is 6.37. The number of anilines is 1. The fraction of sp³-hybridized carbons (Fsp3) is 0.417. The number of rotatable bonds is 6. The van der Waals surface area contributed by atoms with Gasteiger partial charge in [-0.15, -0.1) is 0 Å². The number of nitrogens with zero attached hydrogens (tertiary/aromatic N) is 5. The molecule has 0 radical (unpaired) electrons. The molecule has 0 aliphatic rings. The van der Waals surface area contributed by atoms with Crippen molar-refractivity contribution >= 4 is 11.7 Å². The van der Waals surface area contributed by atoms with Crippen LogP contribution in [0.25, 0.3) is 0 Å². The van der Waals surface area contributed by atoms with E-state index in [0.29, 0.717) is 11.6 Å². The summed E-state index contributed by atoms with van der Waals surface area (Å²) in [5.74, 6) is 0.914. The first-order chi connectivity index (χ1) is 9.69. The lowest BCUT2D eigenvalue weighted by molar-refractivity contribution is 0.0944. The van der Waals surface area contributed by atoms with E-state index in [1.165, 1.54) is 6.20 Å². The minimum absolute atomic E-state index is 0.261. The number of carbonyl (C=O) groups is 1. The van der Waals surface area contributed by atoms with Gasteiger partial charge < -0.3 is 10.6 Å². The van der Waals surface area contributed by atoms with Gasteiger partial charge in [0.25, 0.3) is 5.91 Å². The van der Waals surface area contributed by atoms with Gasteiger partial charge in [-0.3, -0.25) is 9.48 Å². The van der Waals surface area contributed by atoms with Crippen LogP contribution in [0.5, 0.6) is 0 Å². The fourth-order valence-corrected chi connectivity index (χ4v) is 1.50. The Labute approximate surface area is 116 Å². The summed E-state index contributed by atoms with van der Waals surface area (Å²) in [7, 11) is 1.77. The molecule has 8 nitrogen and oxygen atoms in total. The third-order valence-electron chi connectivity index (χ3n) is 2.49. The lowest BCUT2D eigenvalue weighted by Gasteiger charge is -2.04. The molecule has 0 aliphatic heterocycles. The molecule has 0 aromatic carbocycles. The number of hydrogen-bond donors (Lipinski definition) is 2. The van der Waals surface area contributed by atoms with E-state index in [-0.39, 0.29) is 18.1 Å². The van der Waals surface area contributed by atoms with Gasteiger partial charge >= 0.3 is 0 Å². The third kappa shape index (κ3) is 3.74. The molecule has 0 aliphatic carbocycles. The van der Waals surface area contributed by atoms with Gasteiger partial charge in [-0.2, -0.15) is 5.10 Å². The molecular formula is C12H17N7O. The Kier molecular flexibility index (Phi) is 4.59. The van der Waals surface area contributed by atoms with Crippen molar-refractivity contribution in [3.05, 3.63) is 30.2 Å². The molecule has 2 aromatic rings. The number of aryl methyl sites for hydroxylation is 1. The molecule has 0 unspecified atom stereocenters. The van der Waals surface area contributed by atoms with Crippen molar-refractivity contribution < 1.29 is 4.79 Å². The van der Waals surface area contributed by atoms with Gasteiger partial charge in [-0.05, 0) is 6.42 Å². The van der Waals surface area contributed by atoms with E-state index in [4.69, 9.17) is 0 Å². The van der Waals surface area contributed by atoms with Gasteiger partial charge in [0, 0.05) is 13.6 Å². The van der Waals surface area contributed by atoms with Crippen LogP contribution >= 0.6 is 0 Å². The minimum atomic E-state index is -0.299. The second-order valence-electron chi connectivity index (χ2n) is 4.23. The Balaban J connectivity index is 1.88. The standard InChI is InChI=1S/C12H17N7O/c1-3-4-13-10-6-14-9(5-15-10)12(20)16-7-11-17-8-19(2)18-11/h5-6,8H,3-4,7H2,1-2H3,(H,13,15)(H,16,20). The Bertz CT molecular complexity index is 563. The summed E-state index contributed by atoms with van der Waals surface area (Å²) in [6.07, 6.45) is 5.57. The zero-order valence-corrected chi connectivity index (χ0v) is 11.5. The highest BCUT2D eigenvalue weighted by Crippen LogP contribution is 2.01. The molecule has 2 N–H and O–H groups in total. The van der Waals surface area contributed by atoms with E-state index < -0.39 is 0 Å². The summed E-state index contributed by atoms with van der Waals surface area (Å²) < 4.78 is 1.58. The summed E-state index contributed by atoms with van der Waals surface area (Å²) in [6.45, 7) is 3.15. The SMILES string of the molecule is CCCNc1cnc(C(=O)NCc2ncn(C)n2)cn1. The van der Waals surface area contributed by atoms with Crippen molar-refractivity contribution in [2.24, 2.45) is 7.05 Å². The van der Waals surface area contributed by atoms with Crippen LogP contribution in [-0.4, -0.2) is 37.2 Å². The minimum Gasteiger partial charge on any atom is -0.369 e. The number of carbonyl (C=O) groups excluding carboxylic acids is 1. The molecule has 0 fully saturated rings. The summed E-state index contributed by atoms with van der Waals surface area (Å²) in [4.78, 5) is 24.1. The van der Waals surface area contributed by atoms with Crippen LogP contribution in [-0.2, 0) is 13.6 Å². The van der Waals surface area contributed by atoms with Crippen LogP contribution < -0.4 is 10.6 Å². The highest BCUT2D eigenvalue weighted by molar-refractivity contribution is 5.91. The summed E-state index contributed by atoms with van der Waals surface area (Å²) >= 11 is 0. The molecule has 0 spiro atoms. The van der Waals surface area contributed by atoms with E-state index in [0.717, 1.165) is 13.0 Å². The highest BCUT2D eigenvalue weighted by Gasteiger charge is 2.09. The van der Waals surface area contributed by atoms with Crippen LogP contribution in [0, 0.1) is 0 Å². The van der Waals surface area contributed by atoms with Gasteiger partial charge in [0.05, 0.1) is 18.9 Å². The highest BCUT2D eigenvalue weighted by atomic mass is 16.1. The van der Waals surface area contributed by atoms with Crippen molar-refractivity contribution in [2.75, 3.05) is 11.9 Å². The third-order valence-corrected chi connectivity index (χ3v) is 2.49. The van der Waals surface area contributed by atoms with Gasteiger partial charge in [-0.1, -0.05) is 6.92 Å². The molecule has 0 saturated carbocycles. The second-order valence-corrected chi connectivity index (χ2v) is 4.23. The van der Waals surface area contributed by atoms with Gasteiger partial charge in [0.2, 0.25) is 0 Å². The largest absolute Gasteiger partial charge is 0.369 e. The molecule has 0 atom stereocenters. The lowest BCUT2D eigenvalue weighted by Crippen LogP contribution is -2.24. The van der Waals surface area contributed by atoms with Crippen molar-refractivity contribution in [1.29, 1.82) is 0 Å². The van der Waals surface area contributed by atoms with Crippen LogP contribution in [0.4, 0.5) is 5.82 Å². The topological polar surface area (TPSA) is 97.6 Å². The molecule has 0 bridgehead atoms. The van der Waals surface area contributed by atoms with E-state index in [2.05, 4.69) is 37.6 Å². The first kappa shape index (κ1) is 13.9. The Hall–Kier alpha value is -2.51. The zero-order chi connectivity index (χ0) is 14.4. The van der Waals surface area contributed by atoms with Gasteiger partial charge in [-0.25, -0.2) is 15.0 Å². The lowest BCUT2D eigenvalue weighted by atomic mass is 10.4. The van der Waals surface area contributed by atoms with Gasteiger partial charge in [0.1, 0.15) is 17.8 Å². The van der Waals surface area contributed by atoms with Crippen LogP contribution in [0.2, 0.25) is 0 Å². The van der Waals surface area contributed by atoms with Crippen molar-refractivity contribution in [2.45, 2.75) is 19.9 Å². The number of amides is 1. The molecule has 8 heteroatoms. The smallest absolute Gasteiger partial charge is 0.271 e. The van der Waals surface area contributed by atoms with E-state index in [9.17, 15) is 4.79 Å². The van der Waals surface area contributed by atoms with Crippen LogP contribution in [0.15, 0.2) is 18.7 Å². The Morgan fingerprint density at radius 2 is 2.15 bits per heavy atom. The number of hydrogen-bond acceptors (Lipinski definition) is 6. The molecule has 20 heavy (non-hydrogen) atoms. The van der Waals surface area contributed by atoms with Crippen LogP contribution in [0.1, 0.15) is 29.7 Å². The predicted molar refractivity (Wildman–Crippen MR) is 73.0 cm³/mol. The van der Waals surface area contributed by atoms with Crippen molar-refractivity contribution in [3.8, 4) is 0 Å². The maximum atomic E-state index is 11.9. The van der Waals surface area contributed by atoms with E-state index in [1.807, 2.05) is 0 Å². The average molecular weight is 275 g/mol. The van der Waals surface area contributed by atoms with E-state index in [1.54, 1.807) is 24.3 Å². The quantitative estimate of drug-likeness (QED) is 0.790. The molecule has 2 aromatic heterocycles. The van der Waals surface area contributed by atoms with Crippen molar-refractivity contribution in [3.63, 3.8) is 0 Å². The average Bonchev–Trinajstić information content (AvgIpc) is 2.89. The number of nitrogens with one attached hydrogen (secondary N) is 2. The monoisotopic (exact) mass is 275 g/mol. The normalized spacial score (nSPS) is 10.3. The first-order valence-electron chi connectivity index (χ1n) is 6.37. The summed E-state index contributed by atoms with van der Waals surface area (Å²) in [5, 5.41) is 9.85. The zero-order valence-electron chi connectivity index (χ0n) is 11.5. The molecular weight excluding hydrogens is 258 g/mol. The Morgan fingerprint density at radius 3 is 2.75 bits per heavy atom. The molecule has 106 valence electrons. The maximum absolute atomic E-state index is 11.9. The summed E-state index contributed by atoms with van der Waals surface area (Å²) in [6, 6.07) is 0. The molecule has 2 heterocycles. The fourth-order valence-electron chi connectivity index (χ4n) is 1.50. The van der Waals surface area contributed by atoms with Crippen LogP contribution in [0.3, 0.4) is 0 Å². The Morgan fingerprint density at radius 1 is 1.30 bits per heavy atom. The van der Waals surface area contributed by atoms with Crippen molar-refractivity contribution in [1.82, 2.24) is 30.0 Å². The number of aromatic nitrogens is 5. The molecule has 0 saturated heterocycles. The second kappa shape index (κ2) is 6.60. The van der Waals surface area contributed by atoms with Gasteiger partial charge in [0.15, 0.2) is 5.82 Å². The summed E-state index contributed by atoms with van der Waals surface area (Å²) in [5.41, 5.74) is 0.267. The van der Waals surface area contributed by atoms with E-state index >= 15 is 0 Å². The molecule has 2 rings (SSSR count). The maximum Gasteiger partial charge on any atom is 0.271 e. The molecule has 1 amide bonds.